The summed E-state index contributed by atoms with van der Waals surface area (Å²) in [6, 6.07) is 15.7. The Morgan fingerprint density at radius 2 is 1.79 bits per heavy atom. The van der Waals surface area contributed by atoms with Gasteiger partial charge in [0.15, 0.2) is 0 Å². The number of carboxylic acid groups (broad SMARTS) is 1. The number of thiazole rings is 1. The van der Waals surface area contributed by atoms with Crippen molar-refractivity contribution in [3.63, 3.8) is 0 Å². The first-order chi connectivity index (χ1) is 18.8. The summed E-state index contributed by atoms with van der Waals surface area (Å²) >= 11 is 1.48. The maximum Gasteiger partial charge on any atom is 0.304 e. The number of carboxylic acids is 1. The van der Waals surface area contributed by atoms with Gasteiger partial charge in [0.25, 0.3) is 0 Å². The molecule has 1 fully saturated rings. The Morgan fingerprint density at radius 3 is 2.46 bits per heavy atom. The highest BCUT2D eigenvalue weighted by Crippen LogP contribution is 2.40. The lowest BCUT2D eigenvalue weighted by molar-refractivity contribution is -0.917. The maximum absolute atomic E-state index is 13.3. The van der Waals surface area contributed by atoms with Crippen LogP contribution in [0.15, 0.2) is 53.9 Å². The number of fused-ring (bicyclic) bond motifs is 1. The van der Waals surface area contributed by atoms with Crippen LogP contribution in [0.1, 0.15) is 29.0 Å². The summed E-state index contributed by atoms with van der Waals surface area (Å²) in [6.45, 7) is 5.84. The number of nitrogens with zero attached hydrogens (tertiary/aromatic N) is 2. The third-order valence-corrected chi connectivity index (χ3v) is 8.76. The monoisotopic (exact) mass is 550 g/mol. The zero-order valence-corrected chi connectivity index (χ0v) is 23.2. The van der Waals surface area contributed by atoms with Crippen LogP contribution >= 0.6 is 11.3 Å². The smallest absolute Gasteiger partial charge is 0.304 e. The molecular weight excluding hydrogens is 514 g/mol. The minimum absolute atomic E-state index is 0.196. The molecule has 0 unspecified atom stereocenters. The Hall–Kier alpha value is -3.27. The van der Waals surface area contributed by atoms with E-state index in [1.165, 1.54) is 11.3 Å². The van der Waals surface area contributed by atoms with Crippen molar-refractivity contribution in [1.82, 2.24) is 10.3 Å². The van der Waals surface area contributed by atoms with E-state index in [-0.39, 0.29) is 18.9 Å². The van der Waals surface area contributed by atoms with Gasteiger partial charge in [-0.15, -0.1) is 11.3 Å². The Labute approximate surface area is 233 Å². The number of quaternary nitrogens is 1. The molecule has 0 radical (unpaired) electrons. The topological polar surface area (TPSA) is 97.8 Å². The molecule has 0 bridgehead atoms. The van der Waals surface area contributed by atoms with Crippen LogP contribution in [-0.2, 0) is 33.7 Å². The number of hydrogen-bond acceptors (Lipinski definition) is 6. The first kappa shape index (κ1) is 27.3. The summed E-state index contributed by atoms with van der Waals surface area (Å²) in [6.07, 6.45) is 1.68. The predicted molar refractivity (Wildman–Crippen MR) is 150 cm³/mol. The molecule has 0 saturated carbocycles. The van der Waals surface area contributed by atoms with Crippen LogP contribution in [0.25, 0.3) is 11.3 Å². The highest BCUT2D eigenvalue weighted by molar-refractivity contribution is 7.09. The van der Waals surface area contributed by atoms with E-state index in [9.17, 15) is 14.7 Å². The summed E-state index contributed by atoms with van der Waals surface area (Å²) < 4.78 is 12.5. The van der Waals surface area contributed by atoms with E-state index >= 15 is 0 Å². The van der Waals surface area contributed by atoms with Crippen LogP contribution in [0.5, 0.6) is 5.75 Å². The molecule has 39 heavy (non-hydrogen) atoms. The number of aliphatic carboxylic acids is 1. The molecule has 5 rings (SSSR count). The molecule has 1 saturated heterocycles. The lowest BCUT2D eigenvalue weighted by Gasteiger charge is -2.37. The largest absolute Gasteiger partial charge is 0.493 e. The van der Waals surface area contributed by atoms with E-state index in [2.05, 4.69) is 12.4 Å². The van der Waals surface area contributed by atoms with Crippen molar-refractivity contribution in [1.29, 1.82) is 0 Å². The van der Waals surface area contributed by atoms with Crippen LogP contribution in [0.3, 0.4) is 0 Å². The quantitative estimate of drug-likeness (QED) is 0.277. The molecule has 2 N–H and O–H groups in total. The lowest BCUT2D eigenvalue weighted by Crippen LogP contribution is -2.52. The van der Waals surface area contributed by atoms with E-state index in [4.69, 9.17) is 14.5 Å². The lowest BCUT2D eigenvalue weighted by atomic mass is 9.80. The molecule has 8 nitrogen and oxygen atoms in total. The van der Waals surface area contributed by atoms with Gasteiger partial charge in [0.05, 0.1) is 57.5 Å². The zero-order valence-electron chi connectivity index (χ0n) is 22.4. The number of morpholine rings is 1. The second-order valence-electron chi connectivity index (χ2n) is 10.9. The first-order valence-corrected chi connectivity index (χ1v) is 14.4. The second kappa shape index (κ2) is 11.9. The summed E-state index contributed by atoms with van der Waals surface area (Å²) in [5.74, 6) is -0.356. The van der Waals surface area contributed by atoms with Crippen molar-refractivity contribution < 1.29 is 28.7 Å². The molecule has 2 aliphatic rings. The molecule has 2 heterocycles. The van der Waals surface area contributed by atoms with Crippen LogP contribution in [0.4, 0.5) is 0 Å². The molecular formula is C30H36N3O5S+. The average Bonchev–Trinajstić information content (AvgIpc) is 3.55. The number of amides is 1. The second-order valence-corrected chi connectivity index (χ2v) is 11.9. The number of benzene rings is 2. The predicted octanol–water partition coefficient (Wildman–Crippen LogP) is 3.93. The van der Waals surface area contributed by atoms with Crippen molar-refractivity contribution in [2.75, 3.05) is 46.5 Å². The summed E-state index contributed by atoms with van der Waals surface area (Å²) in [5.41, 5.74) is 2.95. The van der Waals surface area contributed by atoms with Gasteiger partial charge in [-0.3, -0.25) is 9.59 Å². The van der Waals surface area contributed by atoms with Crippen molar-refractivity contribution in [3.05, 3.63) is 70.0 Å². The fourth-order valence-corrected chi connectivity index (χ4v) is 6.33. The molecule has 1 aromatic heterocycles. The van der Waals surface area contributed by atoms with Crippen LogP contribution in [-0.4, -0.2) is 73.0 Å². The zero-order chi connectivity index (χ0) is 27.3. The van der Waals surface area contributed by atoms with E-state index in [1.807, 2.05) is 53.9 Å². The molecule has 9 heteroatoms. The average molecular weight is 551 g/mol. The molecule has 206 valence electrons. The fraction of sp³-hybridized carbons (Fsp3) is 0.433. The first-order valence-electron chi connectivity index (χ1n) is 13.5. The van der Waals surface area contributed by atoms with E-state index in [0.29, 0.717) is 19.4 Å². The van der Waals surface area contributed by atoms with Gasteiger partial charge in [-0.2, -0.15) is 0 Å². The third-order valence-electron chi connectivity index (χ3n) is 7.91. The summed E-state index contributed by atoms with van der Waals surface area (Å²) in [5, 5.41) is 15.2. The maximum atomic E-state index is 13.3. The van der Waals surface area contributed by atoms with Crippen molar-refractivity contribution in [2.24, 2.45) is 5.41 Å². The van der Waals surface area contributed by atoms with E-state index in [0.717, 1.165) is 76.9 Å². The minimum Gasteiger partial charge on any atom is -0.493 e. The number of aromatic nitrogens is 1. The Bertz CT molecular complexity index is 1270. The fourth-order valence-electron chi connectivity index (χ4n) is 5.58. The molecule has 1 amide bonds. The van der Waals surface area contributed by atoms with Gasteiger partial charge in [0, 0.05) is 17.4 Å². The number of carbonyl (C=O) groups excluding carboxylic acids is 1. The molecule has 3 aromatic rings. The van der Waals surface area contributed by atoms with Gasteiger partial charge < -0.3 is 24.4 Å². The van der Waals surface area contributed by atoms with Gasteiger partial charge in [0.1, 0.15) is 23.8 Å². The normalized spacial score (nSPS) is 17.4. The number of rotatable bonds is 11. The standard InChI is InChI=1S/C30H35N3O5S/c1-33(12-15-37-16-13-33)11-4-14-38-25-9-7-22(8-10-25)26-21-39-27(32-26)20-31-29(36)30(19-28(34)35)17-23-5-2-3-6-24(23)18-30/h2-3,5-10,21H,4,11-20H2,1H3,(H-,31,34,35,36)/p+1. The van der Waals surface area contributed by atoms with Crippen molar-refractivity contribution >= 4 is 23.2 Å². The Balaban J connectivity index is 1.12. The van der Waals surface area contributed by atoms with Gasteiger partial charge in [-0.05, 0) is 48.2 Å². The SMILES string of the molecule is C[N+]1(CCCOc2ccc(-c3csc(CNC(=O)C4(CC(=O)O)Cc5ccccc5C4)n3)cc2)CCOCC1. The molecule has 0 spiro atoms. The molecule has 1 aliphatic carbocycles. The van der Waals surface area contributed by atoms with Gasteiger partial charge in [-0.25, -0.2) is 4.98 Å². The highest BCUT2D eigenvalue weighted by atomic mass is 32.1. The Kier molecular flexibility index (Phi) is 8.30. The van der Waals surface area contributed by atoms with Crippen LogP contribution in [0, 0.1) is 5.41 Å². The summed E-state index contributed by atoms with van der Waals surface area (Å²) in [4.78, 5) is 29.6. The number of ether oxygens (including phenoxy) is 2. The van der Waals surface area contributed by atoms with Crippen LogP contribution < -0.4 is 10.1 Å². The summed E-state index contributed by atoms with van der Waals surface area (Å²) in [7, 11) is 2.28. The molecule has 0 atom stereocenters. The Morgan fingerprint density at radius 1 is 1.10 bits per heavy atom. The number of hydrogen-bond donors (Lipinski definition) is 2. The van der Waals surface area contributed by atoms with Crippen molar-refractivity contribution in [2.45, 2.75) is 32.2 Å². The number of carbonyl (C=O) groups is 2. The number of likely N-dealkylation sites (N-methyl/N-ethyl adjacent to an activating group) is 1. The van der Waals surface area contributed by atoms with E-state index in [1.54, 1.807) is 0 Å². The van der Waals surface area contributed by atoms with E-state index < -0.39 is 11.4 Å². The van der Waals surface area contributed by atoms with Gasteiger partial charge in [0.2, 0.25) is 5.91 Å². The van der Waals surface area contributed by atoms with Crippen molar-refractivity contribution in [3.8, 4) is 17.0 Å². The minimum atomic E-state index is -0.965. The van der Waals surface area contributed by atoms with Crippen LogP contribution in [0.2, 0.25) is 0 Å². The third kappa shape index (κ3) is 6.66. The van der Waals surface area contributed by atoms with Gasteiger partial charge in [-0.1, -0.05) is 24.3 Å². The molecule has 1 aliphatic heterocycles. The molecule has 2 aromatic carbocycles. The highest BCUT2D eigenvalue weighted by Gasteiger charge is 2.45. The van der Waals surface area contributed by atoms with Gasteiger partial charge >= 0.3 is 5.97 Å². The number of nitrogens with one attached hydrogen (secondary N) is 1.